The maximum absolute atomic E-state index is 5.05. The number of nitrogens with zero attached hydrogens (tertiary/aromatic N) is 1. The van der Waals surface area contributed by atoms with E-state index in [2.05, 4.69) is 0 Å². The third-order valence-electron chi connectivity index (χ3n) is 1.13. The summed E-state index contributed by atoms with van der Waals surface area (Å²) < 4.78 is 5.05. The van der Waals surface area contributed by atoms with Crippen molar-refractivity contribution < 1.29 is 4.74 Å². The summed E-state index contributed by atoms with van der Waals surface area (Å²) in [6.45, 7) is 4.72. The van der Waals surface area contributed by atoms with Crippen molar-refractivity contribution in [2.24, 2.45) is 0 Å². The molecule has 0 heterocycles. The van der Waals surface area contributed by atoms with E-state index in [1.807, 2.05) is 32.8 Å². The van der Waals surface area contributed by atoms with E-state index in [1.54, 1.807) is 6.26 Å². The van der Waals surface area contributed by atoms with Crippen molar-refractivity contribution in [3.05, 3.63) is 12.0 Å². The molecular weight excluding hydrogens is 114 g/mol. The zero-order valence-corrected chi connectivity index (χ0v) is 6.64. The molecule has 0 N–H and O–H groups in total. The molecule has 0 atom stereocenters. The van der Waals surface area contributed by atoms with Crippen LogP contribution in [0.1, 0.15) is 13.8 Å². The average Bonchev–Trinajstić information content (AvgIpc) is 1.82. The molecule has 0 rings (SSSR count). The molecule has 0 fully saturated rings. The lowest BCUT2D eigenvalue weighted by molar-refractivity contribution is 0.257. The highest BCUT2D eigenvalue weighted by atomic mass is 16.5. The van der Waals surface area contributed by atoms with Gasteiger partial charge in [-0.05, 0) is 13.8 Å². The van der Waals surface area contributed by atoms with Gasteiger partial charge in [0.15, 0.2) is 0 Å². The van der Waals surface area contributed by atoms with Crippen molar-refractivity contribution in [3.63, 3.8) is 0 Å². The molecule has 0 radical (unpaired) electrons. The molecule has 54 valence electrons. The predicted molar refractivity (Wildman–Crippen MR) is 39.1 cm³/mol. The lowest BCUT2D eigenvalue weighted by atomic mass is 10.5. The molecule has 0 aliphatic carbocycles. The van der Waals surface area contributed by atoms with Gasteiger partial charge in [0.2, 0.25) is 0 Å². The van der Waals surface area contributed by atoms with Crippen molar-refractivity contribution in [1.82, 2.24) is 4.90 Å². The molecular formula is C7H15NO. The standard InChI is InChI=1S/C7H15NO/c1-5-9-6-7(2)8(3)4/h6H,5H2,1-4H3. The zero-order chi connectivity index (χ0) is 7.28. The van der Waals surface area contributed by atoms with Gasteiger partial charge in [-0.1, -0.05) is 0 Å². The molecule has 0 aliphatic heterocycles. The van der Waals surface area contributed by atoms with E-state index in [0.717, 1.165) is 12.3 Å². The predicted octanol–water partition coefficient (Wildman–Crippen LogP) is 1.45. The van der Waals surface area contributed by atoms with Gasteiger partial charge in [0, 0.05) is 19.8 Å². The molecule has 0 spiro atoms. The Bertz CT molecular complexity index is 97.1. The van der Waals surface area contributed by atoms with E-state index in [1.165, 1.54) is 0 Å². The summed E-state index contributed by atoms with van der Waals surface area (Å²) in [6.07, 6.45) is 1.76. The smallest absolute Gasteiger partial charge is 0.102 e. The van der Waals surface area contributed by atoms with Crippen LogP contribution in [-0.2, 0) is 4.74 Å². The normalized spacial score (nSPS) is 11.3. The molecule has 0 bridgehead atoms. The van der Waals surface area contributed by atoms with Crippen molar-refractivity contribution in [3.8, 4) is 0 Å². The Labute approximate surface area is 57.1 Å². The quantitative estimate of drug-likeness (QED) is 0.535. The van der Waals surface area contributed by atoms with Gasteiger partial charge in [-0.3, -0.25) is 0 Å². The summed E-state index contributed by atoms with van der Waals surface area (Å²) in [4.78, 5) is 2.01. The summed E-state index contributed by atoms with van der Waals surface area (Å²) in [5.41, 5.74) is 1.14. The minimum absolute atomic E-state index is 0.741. The maximum atomic E-state index is 5.05. The fourth-order valence-corrected chi connectivity index (χ4v) is 0.309. The number of hydrogen-bond donors (Lipinski definition) is 0. The van der Waals surface area contributed by atoms with Crippen LogP contribution in [0, 0.1) is 0 Å². The Morgan fingerprint density at radius 2 is 2.11 bits per heavy atom. The summed E-state index contributed by atoms with van der Waals surface area (Å²) in [7, 11) is 3.98. The topological polar surface area (TPSA) is 12.5 Å². The lowest BCUT2D eigenvalue weighted by Gasteiger charge is -2.11. The Kier molecular flexibility index (Phi) is 3.93. The Morgan fingerprint density at radius 1 is 1.56 bits per heavy atom. The lowest BCUT2D eigenvalue weighted by Crippen LogP contribution is -2.08. The highest BCUT2D eigenvalue weighted by Crippen LogP contribution is 1.94. The van der Waals surface area contributed by atoms with Crippen LogP contribution < -0.4 is 0 Å². The van der Waals surface area contributed by atoms with E-state index in [9.17, 15) is 0 Å². The molecule has 2 nitrogen and oxygen atoms in total. The molecule has 0 saturated heterocycles. The molecule has 0 saturated carbocycles. The second-order valence-corrected chi connectivity index (χ2v) is 2.11. The van der Waals surface area contributed by atoms with Crippen LogP contribution in [0.4, 0.5) is 0 Å². The highest BCUT2D eigenvalue weighted by molar-refractivity contribution is 4.88. The van der Waals surface area contributed by atoms with E-state index in [4.69, 9.17) is 4.74 Å². The number of allylic oxidation sites excluding steroid dienone is 1. The largest absolute Gasteiger partial charge is 0.500 e. The van der Waals surface area contributed by atoms with Crippen molar-refractivity contribution >= 4 is 0 Å². The van der Waals surface area contributed by atoms with Crippen LogP contribution >= 0.6 is 0 Å². The molecule has 9 heavy (non-hydrogen) atoms. The van der Waals surface area contributed by atoms with Crippen LogP contribution in [0.2, 0.25) is 0 Å². The van der Waals surface area contributed by atoms with Crippen LogP contribution in [0.15, 0.2) is 12.0 Å². The minimum atomic E-state index is 0.741. The summed E-state index contributed by atoms with van der Waals surface area (Å²) in [5, 5.41) is 0. The first-order valence-corrected chi connectivity index (χ1v) is 3.14. The van der Waals surface area contributed by atoms with E-state index < -0.39 is 0 Å². The second kappa shape index (κ2) is 4.24. The fourth-order valence-electron chi connectivity index (χ4n) is 0.309. The van der Waals surface area contributed by atoms with Gasteiger partial charge in [-0.25, -0.2) is 0 Å². The van der Waals surface area contributed by atoms with E-state index in [0.29, 0.717) is 0 Å². The second-order valence-electron chi connectivity index (χ2n) is 2.11. The van der Waals surface area contributed by atoms with E-state index >= 15 is 0 Å². The minimum Gasteiger partial charge on any atom is -0.500 e. The van der Waals surface area contributed by atoms with Gasteiger partial charge >= 0.3 is 0 Å². The molecule has 0 aromatic heterocycles. The first-order valence-electron chi connectivity index (χ1n) is 3.14. The maximum Gasteiger partial charge on any atom is 0.102 e. The average molecular weight is 129 g/mol. The zero-order valence-electron chi connectivity index (χ0n) is 6.64. The Hall–Kier alpha value is -0.660. The van der Waals surface area contributed by atoms with Crippen LogP contribution in [0.3, 0.4) is 0 Å². The fraction of sp³-hybridized carbons (Fsp3) is 0.714. The van der Waals surface area contributed by atoms with Crippen molar-refractivity contribution in [2.45, 2.75) is 13.8 Å². The first kappa shape index (κ1) is 8.34. The third kappa shape index (κ3) is 3.88. The van der Waals surface area contributed by atoms with Crippen LogP contribution in [0.5, 0.6) is 0 Å². The van der Waals surface area contributed by atoms with Gasteiger partial charge in [-0.2, -0.15) is 0 Å². The molecule has 0 unspecified atom stereocenters. The number of ether oxygens (including phenoxy) is 1. The molecule has 0 aromatic carbocycles. The SMILES string of the molecule is CCOC=C(C)N(C)C. The van der Waals surface area contributed by atoms with Crippen molar-refractivity contribution in [1.29, 1.82) is 0 Å². The van der Waals surface area contributed by atoms with Gasteiger partial charge in [0.25, 0.3) is 0 Å². The van der Waals surface area contributed by atoms with Gasteiger partial charge in [0.05, 0.1) is 6.61 Å². The Morgan fingerprint density at radius 3 is 2.44 bits per heavy atom. The third-order valence-corrected chi connectivity index (χ3v) is 1.13. The molecule has 0 aliphatic rings. The Balaban J connectivity index is 3.55. The van der Waals surface area contributed by atoms with Gasteiger partial charge in [-0.15, -0.1) is 0 Å². The van der Waals surface area contributed by atoms with Gasteiger partial charge < -0.3 is 9.64 Å². The first-order chi connectivity index (χ1) is 4.18. The van der Waals surface area contributed by atoms with Crippen LogP contribution in [0.25, 0.3) is 0 Å². The molecule has 2 heteroatoms. The highest BCUT2D eigenvalue weighted by Gasteiger charge is 1.87. The van der Waals surface area contributed by atoms with Crippen molar-refractivity contribution in [2.75, 3.05) is 20.7 Å². The van der Waals surface area contributed by atoms with E-state index in [-0.39, 0.29) is 0 Å². The monoisotopic (exact) mass is 129 g/mol. The summed E-state index contributed by atoms with van der Waals surface area (Å²) in [5.74, 6) is 0. The number of hydrogen-bond acceptors (Lipinski definition) is 2. The van der Waals surface area contributed by atoms with Crippen LogP contribution in [-0.4, -0.2) is 25.6 Å². The molecule has 0 aromatic rings. The molecule has 0 amide bonds. The summed E-state index contributed by atoms with van der Waals surface area (Å²) in [6, 6.07) is 0. The summed E-state index contributed by atoms with van der Waals surface area (Å²) >= 11 is 0. The van der Waals surface area contributed by atoms with Gasteiger partial charge in [0.1, 0.15) is 6.26 Å². The number of rotatable bonds is 3.